The second-order valence-electron chi connectivity index (χ2n) is 2.89. The summed E-state index contributed by atoms with van der Waals surface area (Å²) in [6, 6.07) is 3.25. The third-order valence-electron chi connectivity index (χ3n) is 1.90. The van der Waals surface area contributed by atoms with Crippen molar-refractivity contribution in [1.82, 2.24) is 0 Å². The van der Waals surface area contributed by atoms with Gasteiger partial charge in [0.1, 0.15) is 5.82 Å². The van der Waals surface area contributed by atoms with Gasteiger partial charge in [0.15, 0.2) is 0 Å². The third kappa shape index (κ3) is 2.07. The number of nitrogens with two attached hydrogens (primary N) is 2. The molecule has 0 fully saturated rings. The van der Waals surface area contributed by atoms with E-state index >= 15 is 0 Å². The van der Waals surface area contributed by atoms with Crippen molar-refractivity contribution in [2.75, 3.05) is 6.54 Å². The first-order valence-corrected chi connectivity index (χ1v) is 4.04. The number of carbonyl (C=O) groups is 1. The molecule has 5 N–H and O–H groups in total. The average molecular weight is 198 g/mol. The van der Waals surface area contributed by atoms with Gasteiger partial charge >= 0.3 is 5.97 Å². The summed E-state index contributed by atoms with van der Waals surface area (Å²) in [7, 11) is 0. The molecule has 0 radical (unpaired) electrons. The Balaban J connectivity index is 3.12. The number of carboxylic acids is 1. The molecule has 1 aromatic carbocycles. The predicted molar refractivity (Wildman–Crippen MR) is 49.3 cm³/mol. The number of halogens is 1. The molecule has 1 rings (SSSR count). The van der Waals surface area contributed by atoms with Crippen molar-refractivity contribution in [1.29, 1.82) is 0 Å². The Morgan fingerprint density at radius 1 is 1.57 bits per heavy atom. The molecule has 0 heterocycles. The highest BCUT2D eigenvalue weighted by atomic mass is 19.1. The molecule has 0 aliphatic carbocycles. The molecule has 0 saturated carbocycles. The van der Waals surface area contributed by atoms with Crippen LogP contribution in [-0.2, 0) is 0 Å². The van der Waals surface area contributed by atoms with E-state index < -0.39 is 17.8 Å². The van der Waals surface area contributed by atoms with Crippen molar-refractivity contribution in [2.24, 2.45) is 11.5 Å². The molecule has 0 bridgehead atoms. The summed E-state index contributed by atoms with van der Waals surface area (Å²) in [6.07, 6.45) is 0. The summed E-state index contributed by atoms with van der Waals surface area (Å²) in [5.74, 6) is -2.08. The fraction of sp³-hybridized carbons (Fsp3) is 0.222. The van der Waals surface area contributed by atoms with E-state index in [1.54, 1.807) is 0 Å². The highest BCUT2D eigenvalue weighted by molar-refractivity contribution is 5.88. The summed E-state index contributed by atoms with van der Waals surface area (Å²) >= 11 is 0. The topological polar surface area (TPSA) is 89.3 Å². The Labute approximate surface area is 80.3 Å². The van der Waals surface area contributed by atoms with Crippen LogP contribution in [-0.4, -0.2) is 17.6 Å². The summed E-state index contributed by atoms with van der Waals surface area (Å²) in [5.41, 5.74) is 11.0. The molecular weight excluding hydrogens is 187 g/mol. The molecule has 0 saturated heterocycles. The molecular formula is C9H11FN2O2. The van der Waals surface area contributed by atoms with Crippen molar-refractivity contribution < 1.29 is 14.3 Å². The van der Waals surface area contributed by atoms with E-state index in [1.807, 2.05) is 0 Å². The quantitative estimate of drug-likeness (QED) is 0.659. The molecule has 5 heteroatoms. The lowest BCUT2D eigenvalue weighted by molar-refractivity contribution is 0.0691. The van der Waals surface area contributed by atoms with Crippen LogP contribution in [0.1, 0.15) is 22.0 Å². The molecule has 0 aliphatic rings. The number of hydrogen-bond donors (Lipinski definition) is 3. The van der Waals surface area contributed by atoms with Crippen LogP contribution in [0.5, 0.6) is 0 Å². The van der Waals surface area contributed by atoms with Crippen LogP contribution < -0.4 is 11.5 Å². The van der Waals surface area contributed by atoms with E-state index in [-0.39, 0.29) is 12.1 Å². The summed E-state index contributed by atoms with van der Waals surface area (Å²) < 4.78 is 12.9. The van der Waals surface area contributed by atoms with Crippen molar-refractivity contribution in [2.45, 2.75) is 6.04 Å². The Hall–Kier alpha value is -1.46. The van der Waals surface area contributed by atoms with Gasteiger partial charge in [0.25, 0.3) is 0 Å². The minimum absolute atomic E-state index is 0.185. The molecule has 14 heavy (non-hydrogen) atoms. The second kappa shape index (κ2) is 4.17. The maximum Gasteiger partial charge on any atom is 0.338 e. The van der Waals surface area contributed by atoms with Crippen LogP contribution in [0, 0.1) is 5.82 Å². The molecule has 1 aromatic rings. The highest BCUT2D eigenvalue weighted by Crippen LogP contribution is 2.14. The Morgan fingerprint density at radius 3 is 2.71 bits per heavy atom. The Morgan fingerprint density at radius 2 is 2.21 bits per heavy atom. The van der Waals surface area contributed by atoms with E-state index in [1.165, 1.54) is 12.1 Å². The average Bonchev–Trinajstić information content (AvgIpc) is 2.17. The number of benzene rings is 1. The van der Waals surface area contributed by atoms with Crippen molar-refractivity contribution in [3.8, 4) is 0 Å². The fourth-order valence-corrected chi connectivity index (χ4v) is 1.07. The summed E-state index contributed by atoms with van der Waals surface area (Å²) in [5, 5.41) is 8.63. The molecule has 4 nitrogen and oxygen atoms in total. The maximum absolute atomic E-state index is 12.9. The maximum atomic E-state index is 12.9. The molecule has 0 aromatic heterocycles. The molecule has 0 unspecified atom stereocenters. The first kappa shape index (κ1) is 10.6. The first-order valence-electron chi connectivity index (χ1n) is 4.04. The van der Waals surface area contributed by atoms with Crippen LogP contribution in [0.15, 0.2) is 18.2 Å². The van der Waals surface area contributed by atoms with E-state index in [4.69, 9.17) is 16.6 Å². The van der Waals surface area contributed by atoms with E-state index in [9.17, 15) is 9.18 Å². The van der Waals surface area contributed by atoms with Gasteiger partial charge in [-0.1, -0.05) is 6.07 Å². The molecule has 0 aliphatic heterocycles. The van der Waals surface area contributed by atoms with E-state index in [2.05, 4.69) is 0 Å². The number of rotatable bonds is 3. The van der Waals surface area contributed by atoms with Gasteiger partial charge in [-0.25, -0.2) is 9.18 Å². The van der Waals surface area contributed by atoms with E-state index in [0.717, 1.165) is 6.07 Å². The zero-order valence-electron chi connectivity index (χ0n) is 7.40. The zero-order valence-corrected chi connectivity index (χ0v) is 7.40. The van der Waals surface area contributed by atoms with E-state index in [0.29, 0.717) is 5.56 Å². The van der Waals surface area contributed by atoms with Gasteiger partial charge in [-0.15, -0.1) is 0 Å². The molecule has 1 atom stereocenters. The predicted octanol–water partition coefficient (Wildman–Crippen LogP) is 0.482. The largest absolute Gasteiger partial charge is 0.478 e. The minimum atomic E-state index is -1.31. The SMILES string of the molecule is NC[C@H](N)c1ccc(F)c(C(=O)O)c1. The normalized spacial score (nSPS) is 12.5. The van der Waals surface area contributed by atoms with Gasteiger partial charge in [-0.2, -0.15) is 0 Å². The van der Waals surface area contributed by atoms with Crippen molar-refractivity contribution in [3.05, 3.63) is 35.1 Å². The van der Waals surface area contributed by atoms with Crippen molar-refractivity contribution in [3.63, 3.8) is 0 Å². The lowest BCUT2D eigenvalue weighted by Crippen LogP contribution is -2.21. The third-order valence-corrected chi connectivity index (χ3v) is 1.90. The summed E-state index contributed by atoms with van der Waals surface area (Å²) in [6.45, 7) is 0.185. The first-order chi connectivity index (χ1) is 6.56. The summed E-state index contributed by atoms with van der Waals surface area (Å²) in [4.78, 5) is 10.6. The zero-order chi connectivity index (χ0) is 10.7. The van der Waals surface area contributed by atoms with Gasteiger partial charge in [-0.05, 0) is 17.7 Å². The van der Waals surface area contributed by atoms with Crippen LogP contribution in [0.2, 0.25) is 0 Å². The van der Waals surface area contributed by atoms with Gasteiger partial charge in [-0.3, -0.25) is 0 Å². The van der Waals surface area contributed by atoms with Crippen LogP contribution in [0.25, 0.3) is 0 Å². The smallest absolute Gasteiger partial charge is 0.338 e. The molecule has 0 spiro atoms. The van der Waals surface area contributed by atoms with Gasteiger partial charge < -0.3 is 16.6 Å². The van der Waals surface area contributed by atoms with Crippen molar-refractivity contribution >= 4 is 5.97 Å². The van der Waals surface area contributed by atoms with Gasteiger partial charge in [0, 0.05) is 12.6 Å². The van der Waals surface area contributed by atoms with Gasteiger partial charge in [0.2, 0.25) is 0 Å². The second-order valence-corrected chi connectivity index (χ2v) is 2.89. The monoisotopic (exact) mass is 198 g/mol. The number of hydrogen-bond acceptors (Lipinski definition) is 3. The Bertz CT molecular complexity index is 355. The number of aromatic carboxylic acids is 1. The fourth-order valence-electron chi connectivity index (χ4n) is 1.07. The van der Waals surface area contributed by atoms with Crippen LogP contribution in [0.4, 0.5) is 4.39 Å². The van der Waals surface area contributed by atoms with Gasteiger partial charge in [0.05, 0.1) is 5.56 Å². The Kier molecular flexibility index (Phi) is 3.16. The molecule has 0 amide bonds. The lowest BCUT2D eigenvalue weighted by Gasteiger charge is -2.09. The van der Waals surface area contributed by atoms with Crippen LogP contribution in [0.3, 0.4) is 0 Å². The number of carboxylic acid groups (broad SMARTS) is 1. The molecule has 76 valence electrons. The lowest BCUT2D eigenvalue weighted by atomic mass is 10.0. The van der Waals surface area contributed by atoms with Crippen LogP contribution >= 0.6 is 0 Å². The standard InChI is InChI=1S/C9H11FN2O2/c10-7-2-1-5(8(12)4-11)3-6(7)9(13)14/h1-3,8H,4,11-12H2,(H,13,14)/t8-/m0/s1. The minimum Gasteiger partial charge on any atom is -0.478 e. The highest BCUT2D eigenvalue weighted by Gasteiger charge is 2.13.